The number of hydrogen-bond donors (Lipinski definition) is 1. The predicted molar refractivity (Wildman–Crippen MR) is 73.7 cm³/mol. The van der Waals surface area contributed by atoms with E-state index < -0.39 is 17.7 Å². The maximum absolute atomic E-state index is 13.2. The van der Waals surface area contributed by atoms with Crippen molar-refractivity contribution in [3.05, 3.63) is 64.9 Å². The third kappa shape index (κ3) is 3.71. The van der Waals surface area contributed by atoms with Crippen LogP contribution < -0.4 is 4.74 Å². The fraction of sp³-hybridized carbons (Fsp3) is 0.133. The van der Waals surface area contributed by atoms with Crippen LogP contribution in [0.1, 0.15) is 11.5 Å². The van der Waals surface area contributed by atoms with E-state index in [1.165, 1.54) is 18.2 Å². The van der Waals surface area contributed by atoms with Crippen molar-refractivity contribution < 1.29 is 19.0 Å². The van der Waals surface area contributed by atoms with Crippen molar-refractivity contribution in [2.24, 2.45) is 0 Å². The zero-order chi connectivity index (χ0) is 14.5. The van der Waals surface area contributed by atoms with Gasteiger partial charge in [-0.1, -0.05) is 23.7 Å². The third-order valence-corrected chi connectivity index (χ3v) is 3.03. The maximum atomic E-state index is 13.2. The number of aliphatic carboxylic acids is 1. The highest BCUT2D eigenvalue weighted by atomic mass is 35.5. The van der Waals surface area contributed by atoms with Gasteiger partial charge in [-0.05, 0) is 42.0 Å². The van der Waals surface area contributed by atoms with Crippen molar-refractivity contribution in [3.8, 4) is 5.75 Å². The van der Waals surface area contributed by atoms with E-state index in [-0.39, 0.29) is 6.61 Å². The standard InChI is InChI=1S/C15H12ClFO3/c16-11-4-6-13(7-5-11)20-9-14(15(18)19)10-2-1-3-12(17)8-10/h1-8,14H,9H2,(H,18,19). The summed E-state index contributed by atoms with van der Waals surface area (Å²) in [4.78, 5) is 11.3. The molecule has 20 heavy (non-hydrogen) atoms. The molecule has 104 valence electrons. The molecule has 1 unspecified atom stereocenters. The molecule has 0 fully saturated rings. The molecule has 0 heterocycles. The molecule has 0 saturated carbocycles. The van der Waals surface area contributed by atoms with Crippen molar-refractivity contribution in [2.75, 3.05) is 6.61 Å². The molecule has 0 spiro atoms. The lowest BCUT2D eigenvalue weighted by molar-refractivity contribution is -0.139. The molecule has 0 radical (unpaired) electrons. The Kier molecular flexibility index (Phi) is 4.58. The smallest absolute Gasteiger partial charge is 0.314 e. The Labute approximate surface area is 120 Å². The Morgan fingerprint density at radius 3 is 2.55 bits per heavy atom. The molecule has 2 aromatic rings. The average molecular weight is 295 g/mol. The minimum absolute atomic E-state index is 0.0829. The van der Waals surface area contributed by atoms with E-state index in [0.29, 0.717) is 16.3 Å². The summed E-state index contributed by atoms with van der Waals surface area (Å²) in [5.41, 5.74) is 0.367. The Hall–Kier alpha value is -2.07. The van der Waals surface area contributed by atoms with Crippen LogP contribution in [0.3, 0.4) is 0 Å². The molecule has 0 aliphatic carbocycles. The van der Waals surface area contributed by atoms with Gasteiger partial charge in [-0.15, -0.1) is 0 Å². The molecule has 2 rings (SSSR count). The molecule has 0 saturated heterocycles. The van der Waals surface area contributed by atoms with Crippen molar-refractivity contribution in [1.29, 1.82) is 0 Å². The first-order valence-corrected chi connectivity index (χ1v) is 6.30. The van der Waals surface area contributed by atoms with Crippen molar-refractivity contribution in [1.82, 2.24) is 0 Å². The van der Waals surface area contributed by atoms with Gasteiger partial charge in [-0.25, -0.2) is 4.39 Å². The van der Waals surface area contributed by atoms with E-state index in [1.807, 2.05) is 0 Å². The molecular formula is C15H12ClFO3. The Bertz CT molecular complexity index is 598. The largest absolute Gasteiger partial charge is 0.492 e. The number of carbonyl (C=O) groups is 1. The molecule has 0 bridgehead atoms. The predicted octanol–water partition coefficient (Wildman–Crippen LogP) is 3.73. The Morgan fingerprint density at radius 1 is 1.25 bits per heavy atom. The molecule has 0 aliphatic heterocycles. The summed E-state index contributed by atoms with van der Waals surface area (Å²) in [7, 11) is 0. The molecule has 1 N–H and O–H groups in total. The van der Waals surface area contributed by atoms with Gasteiger partial charge in [-0.2, -0.15) is 0 Å². The SMILES string of the molecule is O=C(O)C(COc1ccc(Cl)cc1)c1cccc(F)c1. The first-order valence-electron chi connectivity index (χ1n) is 5.93. The number of benzene rings is 2. The van der Waals surface area contributed by atoms with Gasteiger partial charge in [0, 0.05) is 5.02 Å². The van der Waals surface area contributed by atoms with Gasteiger partial charge in [0.2, 0.25) is 0 Å². The van der Waals surface area contributed by atoms with Crippen LogP contribution in [0.25, 0.3) is 0 Å². The van der Waals surface area contributed by atoms with Crippen LogP contribution in [0.4, 0.5) is 4.39 Å². The van der Waals surface area contributed by atoms with E-state index >= 15 is 0 Å². The van der Waals surface area contributed by atoms with Crippen molar-refractivity contribution in [3.63, 3.8) is 0 Å². The van der Waals surface area contributed by atoms with Crippen LogP contribution in [0.2, 0.25) is 5.02 Å². The zero-order valence-electron chi connectivity index (χ0n) is 10.4. The molecule has 2 aromatic carbocycles. The number of ether oxygens (including phenoxy) is 1. The second-order valence-electron chi connectivity index (χ2n) is 4.21. The van der Waals surface area contributed by atoms with Gasteiger partial charge in [0.25, 0.3) is 0 Å². The van der Waals surface area contributed by atoms with E-state index in [0.717, 1.165) is 0 Å². The average Bonchev–Trinajstić information content (AvgIpc) is 2.41. The molecule has 0 aromatic heterocycles. The quantitative estimate of drug-likeness (QED) is 0.914. The van der Waals surface area contributed by atoms with E-state index in [4.69, 9.17) is 16.3 Å². The number of carboxylic acids is 1. The van der Waals surface area contributed by atoms with Crippen LogP contribution in [0.5, 0.6) is 5.75 Å². The minimum atomic E-state index is -1.07. The van der Waals surface area contributed by atoms with Gasteiger partial charge in [0.05, 0.1) is 0 Å². The molecular weight excluding hydrogens is 283 g/mol. The minimum Gasteiger partial charge on any atom is -0.492 e. The van der Waals surface area contributed by atoms with Gasteiger partial charge in [0.1, 0.15) is 24.1 Å². The van der Waals surface area contributed by atoms with Crippen LogP contribution in [-0.2, 0) is 4.79 Å². The molecule has 0 amide bonds. The Balaban J connectivity index is 2.10. The van der Waals surface area contributed by atoms with Crippen LogP contribution in [0.15, 0.2) is 48.5 Å². The van der Waals surface area contributed by atoms with Crippen LogP contribution in [0, 0.1) is 5.82 Å². The first-order chi connectivity index (χ1) is 9.56. The molecule has 0 aliphatic rings. The highest BCUT2D eigenvalue weighted by Crippen LogP contribution is 2.21. The van der Waals surface area contributed by atoms with Gasteiger partial charge >= 0.3 is 5.97 Å². The van der Waals surface area contributed by atoms with Gasteiger partial charge in [0.15, 0.2) is 0 Å². The Morgan fingerprint density at radius 2 is 1.95 bits per heavy atom. The summed E-state index contributed by atoms with van der Waals surface area (Å²) < 4.78 is 18.6. The summed E-state index contributed by atoms with van der Waals surface area (Å²) in [5, 5.41) is 9.78. The molecule has 5 heteroatoms. The van der Waals surface area contributed by atoms with Crippen molar-refractivity contribution in [2.45, 2.75) is 5.92 Å². The van der Waals surface area contributed by atoms with Crippen LogP contribution >= 0.6 is 11.6 Å². The number of hydrogen-bond acceptors (Lipinski definition) is 2. The summed E-state index contributed by atoms with van der Waals surface area (Å²) in [6.07, 6.45) is 0. The monoisotopic (exact) mass is 294 g/mol. The van der Waals surface area contributed by atoms with E-state index in [9.17, 15) is 14.3 Å². The normalized spacial score (nSPS) is 11.9. The maximum Gasteiger partial charge on any atom is 0.314 e. The summed E-state index contributed by atoms with van der Waals surface area (Å²) in [6.45, 7) is -0.0829. The van der Waals surface area contributed by atoms with E-state index in [1.54, 1.807) is 30.3 Å². The van der Waals surface area contributed by atoms with Gasteiger partial charge in [-0.3, -0.25) is 4.79 Å². The topological polar surface area (TPSA) is 46.5 Å². The van der Waals surface area contributed by atoms with Crippen molar-refractivity contribution >= 4 is 17.6 Å². The summed E-state index contributed by atoms with van der Waals surface area (Å²) in [5.74, 6) is -1.96. The van der Waals surface area contributed by atoms with E-state index in [2.05, 4.69) is 0 Å². The molecule has 1 atom stereocenters. The fourth-order valence-electron chi connectivity index (χ4n) is 1.74. The van der Waals surface area contributed by atoms with Gasteiger partial charge < -0.3 is 9.84 Å². The number of halogens is 2. The van der Waals surface area contributed by atoms with Crippen LogP contribution in [-0.4, -0.2) is 17.7 Å². The highest BCUT2D eigenvalue weighted by molar-refractivity contribution is 6.30. The lowest BCUT2D eigenvalue weighted by Gasteiger charge is -2.14. The first kappa shape index (κ1) is 14.3. The fourth-order valence-corrected chi connectivity index (χ4v) is 1.87. The lowest BCUT2D eigenvalue weighted by Crippen LogP contribution is -2.19. The third-order valence-electron chi connectivity index (χ3n) is 2.78. The lowest BCUT2D eigenvalue weighted by atomic mass is 10.0. The second kappa shape index (κ2) is 6.39. The number of carboxylic acid groups (broad SMARTS) is 1. The second-order valence-corrected chi connectivity index (χ2v) is 4.65. The highest BCUT2D eigenvalue weighted by Gasteiger charge is 2.21. The summed E-state index contributed by atoms with van der Waals surface area (Å²) >= 11 is 5.75. The molecule has 3 nitrogen and oxygen atoms in total. The zero-order valence-corrected chi connectivity index (χ0v) is 11.2. The summed E-state index contributed by atoms with van der Waals surface area (Å²) in [6, 6.07) is 12.1. The number of rotatable bonds is 5.